The van der Waals surface area contributed by atoms with Crippen molar-refractivity contribution in [1.29, 1.82) is 0 Å². The van der Waals surface area contributed by atoms with Crippen molar-refractivity contribution >= 4 is 35.5 Å². The summed E-state index contributed by atoms with van der Waals surface area (Å²) in [6.07, 6.45) is 0. The van der Waals surface area contributed by atoms with Crippen LogP contribution in [0.4, 0.5) is 5.69 Å². The summed E-state index contributed by atoms with van der Waals surface area (Å²) in [5, 5.41) is 2.87. The number of hydrogen-bond donors (Lipinski definition) is 1. The molecule has 86 valence electrons. The molecule has 0 saturated carbocycles. The van der Waals surface area contributed by atoms with Crippen molar-refractivity contribution < 1.29 is 4.79 Å². The van der Waals surface area contributed by atoms with Gasteiger partial charge >= 0.3 is 107 Å². The van der Waals surface area contributed by atoms with Crippen LogP contribution in [0.2, 0.25) is 0 Å². The molecule has 1 amide bonds. The van der Waals surface area contributed by atoms with Gasteiger partial charge in [0, 0.05) is 0 Å². The van der Waals surface area contributed by atoms with Crippen LogP contribution in [0.5, 0.6) is 0 Å². The quantitative estimate of drug-likeness (QED) is 0.848. The van der Waals surface area contributed by atoms with E-state index in [2.05, 4.69) is 23.5 Å². The molecule has 2 rings (SSSR count). The molecule has 0 spiro atoms. The van der Waals surface area contributed by atoms with Crippen LogP contribution >= 0.6 is 0 Å². The third-order valence-electron chi connectivity index (χ3n) is 2.17. The first-order valence-electron chi connectivity index (χ1n) is 5.35. The van der Waals surface area contributed by atoms with Gasteiger partial charge < -0.3 is 0 Å². The van der Waals surface area contributed by atoms with Gasteiger partial charge in [-0.15, -0.1) is 0 Å². The maximum atomic E-state index is 11.1. The molecular formula is C14H13NOSe. The molecule has 0 saturated heterocycles. The van der Waals surface area contributed by atoms with Gasteiger partial charge in [0.1, 0.15) is 0 Å². The normalized spacial score (nSPS) is 9.94. The van der Waals surface area contributed by atoms with Gasteiger partial charge in [0.25, 0.3) is 0 Å². The first kappa shape index (κ1) is 11.9. The summed E-state index contributed by atoms with van der Waals surface area (Å²) in [4.78, 5) is 11.1. The van der Waals surface area contributed by atoms with Crippen LogP contribution in [0.3, 0.4) is 0 Å². The molecule has 0 atom stereocenters. The Bertz CT molecular complexity index is 511. The zero-order valence-electron chi connectivity index (χ0n) is 9.51. The van der Waals surface area contributed by atoms with Gasteiger partial charge in [-0.3, -0.25) is 0 Å². The van der Waals surface area contributed by atoms with E-state index < -0.39 is 0 Å². The average Bonchev–Trinajstić information content (AvgIpc) is 2.32. The van der Waals surface area contributed by atoms with Crippen molar-refractivity contribution in [3.05, 3.63) is 54.6 Å². The fourth-order valence-electron chi connectivity index (χ4n) is 1.46. The Morgan fingerprint density at radius 2 is 1.65 bits per heavy atom. The molecule has 0 aliphatic heterocycles. The average molecular weight is 290 g/mol. The zero-order chi connectivity index (χ0) is 12.1. The Balaban J connectivity index is 2.23. The molecule has 0 heterocycles. The van der Waals surface area contributed by atoms with Crippen molar-refractivity contribution in [2.24, 2.45) is 0 Å². The molecular weight excluding hydrogens is 277 g/mol. The fourth-order valence-corrected chi connectivity index (χ4v) is 3.40. The van der Waals surface area contributed by atoms with E-state index in [0.29, 0.717) is 0 Å². The van der Waals surface area contributed by atoms with Crippen LogP contribution in [0, 0.1) is 0 Å². The van der Waals surface area contributed by atoms with E-state index in [1.165, 1.54) is 15.8 Å². The van der Waals surface area contributed by atoms with E-state index in [1.807, 2.05) is 36.4 Å². The van der Waals surface area contributed by atoms with Crippen molar-refractivity contribution in [1.82, 2.24) is 0 Å². The first-order chi connectivity index (χ1) is 8.25. The Morgan fingerprint density at radius 1 is 1.00 bits per heavy atom. The summed E-state index contributed by atoms with van der Waals surface area (Å²) < 4.78 is 2.50. The van der Waals surface area contributed by atoms with Crippen LogP contribution < -0.4 is 14.2 Å². The molecule has 0 unspecified atom stereocenters. The summed E-state index contributed by atoms with van der Waals surface area (Å²) in [5.74, 6) is -0.0266. The Hall–Kier alpha value is -1.57. The van der Waals surface area contributed by atoms with E-state index in [9.17, 15) is 4.79 Å². The summed E-state index contributed by atoms with van der Waals surface area (Å²) in [6, 6.07) is 18.3. The van der Waals surface area contributed by atoms with Crippen LogP contribution in [-0.4, -0.2) is 20.9 Å². The number of carbonyl (C=O) groups is 1. The Kier molecular flexibility index (Phi) is 3.97. The van der Waals surface area contributed by atoms with Gasteiger partial charge in [-0.05, 0) is 0 Å². The molecule has 0 aliphatic rings. The van der Waals surface area contributed by atoms with Gasteiger partial charge in [0.2, 0.25) is 0 Å². The minimum absolute atomic E-state index is 0.0266. The van der Waals surface area contributed by atoms with Crippen molar-refractivity contribution in [2.75, 3.05) is 5.32 Å². The molecule has 2 aromatic rings. The number of nitrogens with one attached hydrogen (secondary N) is 1. The third-order valence-corrected chi connectivity index (χ3v) is 4.44. The number of rotatable bonds is 3. The van der Waals surface area contributed by atoms with Crippen molar-refractivity contribution in [3.63, 3.8) is 0 Å². The Labute approximate surface area is 107 Å². The van der Waals surface area contributed by atoms with Crippen LogP contribution in [-0.2, 0) is 4.79 Å². The van der Waals surface area contributed by atoms with Gasteiger partial charge in [-0.1, -0.05) is 0 Å². The number of carbonyl (C=O) groups excluding carboxylic acids is 1. The first-order valence-corrected chi connectivity index (χ1v) is 7.06. The number of para-hydroxylation sites is 1. The molecule has 17 heavy (non-hydrogen) atoms. The molecule has 0 radical (unpaired) electrons. The standard InChI is InChI=1S/C14H13NOSe/c1-11(16)15-13-9-5-6-10-14(13)17-12-7-3-2-4-8-12/h2-10H,1H3,(H,15,16). The predicted molar refractivity (Wildman–Crippen MR) is 72.2 cm³/mol. The SMILES string of the molecule is CC(=O)Nc1ccccc1[Se]c1ccccc1. The molecule has 2 nitrogen and oxygen atoms in total. The molecule has 0 fully saturated rings. The maximum absolute atomic E-state index is 11.1. The summed E-state index contributed by atoms with van der Waals surface area (Å²) in [6.45, 7) is 1.53. The molecule has 0 aliphatic carbocycles. The monoisotopic (exact) mass is 291 g/mol. The van der Waals surface area contributed by atoms with E-state index >= 15 is 0 Å². The van der Waals surface area contributed by atoms with Crippen LogP contribution in [0.25, 0.3) is 0 Å². The van der Waals surface area contributed by atoms with Gasteiger partial charge in [0.15, 0.2) is 0 Å². The van der Waals surface area contributed by atoms with E-state index in [-0.39, 0.29) is 20.9 Å². The van der Waals surface area contributed by atoms with Crippen LogP contribution in [0.1, 0.15) is 6.92 Å². The molecule has 0 aromatic heterocycles. The molecule has 2 aromatic carbocycles. The third kappa shape index (κ3) is 3.45. The van der Waals surface area contributed by atoms with Gasteiger partial charge in [-0.2, -0.15) is 0 Å². The summed E-state index contributed by atoms with van der Waals surface area (Å²) in [5.41, 5.74) is 0.920. The molecule has 0 bridgehead atoms. The molecule has 3 heteroatoms. The van der Waals surface area contributed by atoms with Crippen molar-refractivity contribution in [3.8, 4) is 0 Å². The number of benzene rings is 2. The predicted octanol–water partition coefficient (Wildman–Crippen LogP) is 1.30. The number of amides is 1. The van der Waals surface area contributed by atoms with E-state index in [4.69, 9.17) is 0 Å². The minimum atomic E-state index is -0.0266. The van der Waals surface area contributed by atoms with Gasteiger partial charge in [0.05, 0.1) is 0 Å². The number of hydrogen-bond acceptors (Lipinski definition) is 1. The van der Waals surface area contributed by atoms with Crippen LogP contribution in [0.15, 0.2) is 54.6 Å². The van der Waals surface area contributed by atoms with E-state index in [1.54, 1.807) is 0 Å². The second-order valence-corrected chi connectivity index (χ2v) is 5.93. The fraction of sp³-hybridized carbons (Fsp3) is 0.0714. The second-order valence-electron chi connectivity index (χ2n) is 3.59. The van der Waals surface area contributed by atoms with E-state index in [0.717, 1.165) is 5.69 Å². The summed E-state index contributed by atoms with van der Waals surface area (Å²) in [7, 11) is 0. The summed E-state index contributed by atoms with van der Waals surface area (Å²) >= 11 is 0.223. The zero-order valence-corrected chi connectivity index (χ0v) is 11.2. The second kappa shape index (κ2) is 5.67. The number of anilines is 1. The Morgan fingerprint density at radius 3 is 2.35 bits per heavy atom. The topological polar surface area (TPSA) is 29.1 Å². The van der Waals surface area contributed by atoms with Gasteiger partial charge in [-0.25, -0.2) is 0 Å². The van der Waals surface area contributed by atoms with Crippen molar-refractivity contribution in [2.45, 2.75) is 6.92 Å². The molecule has 1 N–H and O–H groups in total.